The van der Waals surface area contributed by atoms with Crippen LogP contribution in [0, 0.1) is 0 Å². The highest BCUT2D eigenvalue weighted by Crippen LogP contribution is 2.25. The molecule has 0 bridgehead atoms. The Morgan fingerprint density at radius 1 is 0.852 bits per heavy atom. The highest BCUT2D eigenvalue weighted by Gasteiger charge is 2.16. The largest absolute Gasteiger partial charge is 0.345 e. The van der Waals surface area contributed by atoms with Crippen molar-refractivity contribution in [2.24, 2.45) is 0 Å². The van der Waals surface area contributed by atoms with Gasteiger partial charge in [-0.1, -0.05) is 78.9 Å². The summed E-state index contributed by atoms with van der Waals surface area (Å²) in [6.45, 7) is 1.99. The summed E-state index contributed by atoms with van der Waals surface area (Å²) in [4.78, 5) is 17.8. The number of hydrogen-bond donors (Lipinski definition) is 1. The summed E-state index contributed by atoms with van der Waals surface area (Å²) >= 11 is 0. The van der Waals surface area contributed by atoms with E-state index in [1.807, 2.05) is 97.9 Å². The summed E-state index contributed by atoms with van der Waals surface area (Å²) < 4.78 is 0. The zero-order valence-electron chi connectivity index (χ0n) is 15.1. The van der Waals surface area contributed by atoms with Crippen LogP contribution in [0.15, 0.2) is 91.0 Å². The number of carbonyl (C=O) groups is 1. The molecule has 0 aliphatic carbocycles. The molecule has 0 radical (unpaired) electrons. The number of nitrogens with zero attached hydrogens (tertiary/aromatic N) is 1. The molecule has 0 saturated heterocycles. The quantitative estimate of drug-likeness (QED) is 0.535. The molecule has 0 aliphatic rings. The van der Waals surface area contributed by atoms with Crippen molar-refractivity contribution >= 4 is 16.8 Å². The lowest BCUT2D eigenvalue weighted by Crippen LogP contribution is -2.27. The molecular formula is C24H20N2O. The minimum absolute atomic E-state index is 0.0780. The van der Waals surface area contributed by atoms with E-state index >= 15 is 0 Å². The van der Waals surface area contributed by atoms with Gasteiger partial charge in [0.1, 0.15) is 0 Å². The van der Waals surface area contributed by atoms with Gasteiger partial charge in [-0.05, 0) is 24.6 Å². The molecule has 1 unspecified atom stereocenters. The number of fused-ring (bicyclic) bond motifs is 1. The third-order valence-corrected chi connectivity index (χ3v) is 4.68. The van der Waals surface area contributed by atoms with E-state index in [0.717, 1.165) is 27.7 Å². The average Bonchev–Trinajstić information content (AvgIpc) is 2.74. The smallest absolute Gasteiger partial charge is 0.252 e. The van der Waals surface area contributed by atoms with Crippen molar-refractivity contribution in [1.29, 1.82) is 0 Å². The summed E-state index contributed by atoms with van der Waals surface area (Å²) in [6.07, 6.45) is 0. The van der Waals surface area contributed by atoms with E-state index in [-0.39, 0.29) is 11.9 Å². The predicted octanol–water partition coefficient (Wildman–Crippen LogP) is 5.39. The molecule has 1 heterocycles. The number of rotatable bonds is 4. The summed E-state index contributed by atoms with van der Waals surface area (Å²) in [7, 11) is 0. The molecule has 0 saturated carbocycles. The van der Waals surface area contributed by atoms with Crippen molar-refractivity contribution in [1.82, 2.24) is 10.3 Å². The molecule has 0 fully saturated rings. The van der Waals surface area contributed by atoms with E-state index in [1.165, 1.54) is 0 Å². The van der Waals surface area contributed by atoms with Gasteiger partial charge in [0.2, 0.25) is 0 Å². The average molecular weight is 352 g/mol. The van der Waals surface area contributed by atoms with E-state index in [0.29, 0.717) is 5.56 Å². The molecule has 3 nitrogen and oxygen atoms in total. The van der Waals surface area contributed by atoms with E-state index < -0.39 is 0 Å². The minimum Gasteiger partial charge on any atom is -0.345 e. The van der Waals surface area contributed by atoms with Gasteiger partial charge in [0.05, 0.1) is 22.8 Å². The summed E-state index contributed by atoms with van der Waals surface area (Å²) in [5.74, 6) is -0.0952. The van der Waals surface area contributed by atoms with Crippen LogP contribution in [0.1, 0.15) is 28.9 Å². The monoisotopic (exact) mass is 352 g/mol. The number of benzene rings is 3. The van der Waals surface area contributed by atoms with Crippen LogP contribution >= 0.6 is 0 Å². The zero-order valence-corrected chi connectivity index (χ0v) is 15.1. The van der Waals surface area contributed by atoms with Crippen molar-refractivity contribution in [2.45, 2.75) is 13.0 Å². The van der Waals surface area contributed by atoms with Crippen molar-refractivity contribution in [3.63, 3.8) is 0 Å². The SMILES string of the molecule is CC(NC(=O)c1cc(-c2ccccc2)nc2ccccc12)c1ccccc1. The normalized spacial score (nSPS) is 11.9. The van der Waals surface area contributed by atoms with Gasteiger partial charge in [-0.2, -0.15) is 0 Å². The van der Waals surface area contributed by atoms with Crippen molar-refractivity contribution in [3.05, 3.63) is 102 Å². The third kappa shape index (κ3) is 3.58. The second-order valence-corrected chi connectivity index (χ2v) is 6.54. The van der Waals surface area contributed by atoms with Gasteiger partial charge in [-0.3, -0.25) is 4.79 Å². The van der Waals surface area contributed by atoms with Gasteiger partial charge in [-0.15, -0.1) is 0 Å². The molecule has 1 aromatic heterocycles. The second-order valence-electron chi connectivity index (χ2n) is 6.54. The van der Waals surface area contributed by atoms with Crippen LogP contribution in [0.3, 0.4) is 0 Å². The number of carbonyl (C=O) groups excluding carboxylic acids is 1. The maximum atomic E-state index is 13.1. The van der Waals surface area contributed by atoms with Gasteiger partial charge in [0, 0.05) is 10.9 Å². The molecule has 3 heteroatoms. The Bertz CT molecular complexity index is 1080. The van der Waals surface area contributed by atoms with Gasteiger partial charge >= 0.3 is 0 Å². The van der Waals surface area contributed by atoms with Crippen LogP contribution in [-0.2, 0) is 0 Å². The first-order chi connectivity index (χ1) is 13.2. The molecular weight excluding hydrogens is 332 g/mol. The molecule has 4 rings (SSSR count). The molecule has 0 aliphatic heterocycles. The summed E-state index contributed by atoms with van der Waals surface area (Å²) in [5.41, 5.74) is 4.33. The standard InChI is InChI=1S/C24H20N2O/c1-17(18-10-4-2-5-11-18)25-24(27)21-16-23(19-12-6-3-7-13-19)26-22-15-9-8-14-20(21)22/h2-17H,1H3,(H,25,27). The molecule has 3 aromatic carbocycles. The highest BCUT2D eigenvalue weighted by atomic mass is 16.1. The Hall–Kier alpha value is -3.46. The number of para-hydroxylation sites is 1. The maximum absolute atomic E-state index is 13.1. The number of nitrogens with one attached hydrogen (secondary N) is 1. The topological polar surface area (TPSA) is 42.0 Å². The van der Waals surface area contributed by atoms with Gasteiger partial charge in [-0.25, -0.2) is 4.98 Å². The molecule has 0 spiro atoms. The number of aromatic nitrogens is 1. The fourth-order valence-corrected chi connectivity index (χ4v) is 3.22. The summed E-state index contributed by atoms with van der Waals surface area (Å²) in [5, 5.41) is 3.97. The van der Waals surface area contributed by atoms with Crippen LogP contribution in [0.4, 0.5) is 0 Å². The minimum atomic E-state index is -0.0952. The van der Waals surface area contributed by atoms with Crippen LogP contribution in [0.5, 0.6) is 0 Å². The lowest BCUT2D eigenvalue weighted by atomic mass is 10.0. The van der Waals surface area contributed by atoms with E-state index in [9.17, 15) is 4.79 Å². The van der Waals surface area contributed by atoms with Gasteiger partial charge in [0.15, 0.2) is 0 Å². The zero-order chi connectivity index (χ0) is 18.6. The first-order valence-electron chi connectivity index (χ1n) is 9.03. The van der Waals surface area contributed by atoms with E-state index in [1.54, 1.807) is 0 Å². The lowest BCUT2D eigenvalue weighted by Gasteiger charge is -2.16. The Morgan fingerprint density at radius 3 is 2.22 bits per heavy atom. The van der Waals surface area contributed by atoms with Crippen LogP contribution < -0.4 is 5.32 Å². The van der Waals surface area contributed by atoms with Crippen molar-refractivity contribution in [2.75, 3.05) is 0 Å². The molecule has 132 valence electrons. The first kappa shape index (κ1) is 17.0. The second kappa shape index (κ2) is 7.42. The third-order valence-electron chi connectivity index (χ3n) is 4.68. The molecule has 27 heavy (non-hydrogen) atoms. The van der Waals surface area contributed by atoms with Crippen molar-refractivity contribution in [3.8, 4) is 11.3 Å². The van der Waals surface area contributed by atoms with Gasteiger partial charge < -0.3 is 5.32 Å². The van der Waals surface area contributed by atoms with Crippen LogP contribution in [0.25, 0.3) is 22.2 Å². The number of hydrogen-bond acceptors (Lipinski definition) is 2. The number of amides is 1. The highest BCUT2D eigenvalue weighted by molar-refractivity contribution is 6.07. The van der Waals surface area contributed by atoms with Crippen molar-refractivity contribution < 1.29 is 4.79 Å². The fourth-order valence-electron chi connectivity index (χ4n) is 3.22. The molecule has 1 atom stereocenters. The predicted molar refractivity (Wildman–Crippen MR) is 110 cm³/mol. The molecule has 1 N–H and O–H groups in total. The Morgan fingerprint density at radius 2 is 1.48 bits per heavy atom. The van der Waals surface area contributed by atoms with Crippen LogP contribution in [-0.4, -0.2) is 10.9 Å². The Kier molecular flexibility index (Phi) is 4.67. The number of pyridine rings is 1. The fraction of sp³-hybridized carbons (Fsp3) is 0.0833. The Labute approximate surface area is 158 Å². The van der Waals surface area contributed by atoms with E-state index in [2.05, 4.69) is 5.32 Å². The molecule has 1 amide bonds. The van der Waals surface area contributed by atoms with E-state index in [4.69, 9.17) is 4.98 Å². The lowest BCUT2D eigenvalue weighted by molar-refractivity contribution is 0.0941. The van der Waals surface area contributed by atoms with Gasteiger partial charge in [0.25, 0.3) is 5.91 Å². The molecule has 4 aromatic rings. The maximum Gasteiger partial charge on any atom is 0.252 e. The first-order valence-corrected chi connectivity index (χ1v) is 9.03. The summed E-state index contributed by atoms with van der Waals surface area (Å²) in [6, 6.07) is 29.5. The Balaban J connectivity index is 1.74. The van der Waals surface area contributed by atoms with Crippen LogP contribution in [0.2, 0.25) is 0 Å².